The Morgan fingerprint density at radius 3 is 2.81 bits per heavy atom. The second-order valence-corrected chi connectivity index (χ2v) is 6.69. The van der Waals surface area contributed by atoms with Crippen LogP contribution in [0.3, 0.4) is 0 Å². The minimum absolute atomic E-state index is 0.0374. The van der Waals surface area contributed by atoms with Gasteiger partial charge in [0.2, 0.25) is 12.7 Å². The van der Waals surface area contributed by atoms with Gasteiger partial charge in [-0.3, -0.25) is 14.4 Å². The van der Waals surface area contributed by atoms with Crippen molar-refractivity contribution in [3.63, 3.8) is 0 Å². The molecule has 0 aliphatic carbocycles. The maximum absolute atomic E-state index is 12.5. The Bertz CT molecular complexity index is 747. The normalized spacial score (nSPS) is 21.0. The van der Waals surface area contributed by atoms with E-state index in [-0.39, 0.29) is 32.4 Å². The maximum atomic E-state index is 12.5. The minimum atomic E-state index is -1.11. The van der Waals surface area contributed by atoms with Gasteiger partial charge in [0.05, 0.1) is 13.2 Å². The Hall–Kier alpha value is -2.81. The van der Waals surface area contributed by atoms with Crippen molar-refractivity contribution in [3.8, 4) is 11.5 Å². The van der Waals surface area contributed by atoms with Crippen molar-refractivity contribution in [2.45, 2.75) is 12.8 Å². The third-order valence-corrected chi connectivity index (χ3v) is 4.84. The topological polar surface area (TPSA) is 114 Å². The summed E-state index contributed by atoms with van der Waals surface area (Å²) in [6, 6.07) is 4.77. The number of carbonyl (C=O) groups excluding carboxylic acids is 2. The summed E-state index contributed by atoms with van der Waals surface area (Å²) in [6.45, 7) is 0.457. The molecule has 0 aromatic heterocycles. The van der Waals surface area contributed by atoms with Crippen molar-refractivity contribution < 1.29 is 33.7 Å². The number of piperidine rings is 1. The highest BCUT2D eigenvalue weighted by Crippen LogP contribution is 2.32. The Kier molecular flexibility index (Phi) is 5.50. The number of aliphatic carboxylic acids is 1. The molecule has 2 amide bonds. The molecule has 0 saturated carbocycles. The summed E-state index contributed by atoms with van der Waals surface area (Å²) in [5.41, 5.74) is -0.755. The van der Waals surface area contributed by atoms with E-state index < -0.39 is 17.3 Å². The molecule has 1 aromatic carbocycles. The van der Waals surface area contributed by atoms with E-state index in [9.17, 15) is 19.5 Å². The van der Waals surface area contributed by atoms with Gasteiger partial charge in [-0.15, -0.1) is 0 Å². The predicted octanol–water partition coefficient (Wildman–Crippen LogP) is 0.485. The van der Waals surface area contributed by atoms with E-state index in [1.165, 1.54) is 12.0 Å². The molecule has 0 bridgehead atoms. The fourth-order valence-corrected chi connectivity index (χ4v) is 3.38. The van der Waals surface area contributed by atoms with E-state index in [0.29, 0.717) is 36.4 Å². The fourth-order valence-electron chi connectivity index (χ4n) is 3.38. The van der Waals surface area contributed by atoms with Gasteiger partial charge in [0.15, 0.2) is 11.5 Å². The molecular formula is C18H22N2O7. The molecule has 9 heteroatoms. The molecule has 2 aliphatic heterocycles. The number of ether oxygens (including phenoxy) is 3. The summed E-state index contributed by atoms with van der Waals surface area (Å²) < 4.78 is 15.5. The van der Waals surface area contributed by atoms with E-state index in [2.05, 4.69) is 5.32 Å². The predicted molar refractivity (Wildman–Crippen MR) is 92.7 cm³/mol. The summed E-state index contributed by atoms with van der Waals surface area (Å²) >= 11 is 0. The number of amides is 2. The van der Waals surface area contributed by atoms with Gasteiger partial charge in [-0.1, -0.05) is 0 Å². The molecule has 27 heavy (non-hydrogen) atoms. The smallest absolute Gasteiger partial charge is 0.313 e. The number of carboxylic acid groups (broad SMARTS) is 1. The number of hydrogen-bond acceptors (Lipinski definition) is 6. The van der Waals surface area contributed by atoms with Crippen LogP contribution in [0.1, 0.15) is 23.2 Å². The third kappa shape index (κ3) is 3.97. The third-order valence-electron chi connectivity index (χ3n) is 4.84. The first kappa shape index (κ1) is 19.0. The first-order chi connectivity index (χ1) is 12.9. The lowest BCUT2D eigenvalue weighted by Crippen LogP contribution is -2.53. The SMILES string of the molecule is COCC1(C(=O)O)CCCN(C(=O)CNC(=O)c2ccc3c(c2)OCO3)C1. The number of hydrogen-bond donors (Lipinski definition) is 2. The zero-order chi connectivity index (χ0) is 19.4. The molecule has 1 aromatic rings. The first-order valence-electron chi connectivity index (χ1n) is 8.63. The Morgan fingerprint density at radius 1 is 1.30 bits per heavy atom. The Balaban J connectivity index is 1.58. The summed E-state index contributed by atoms with van der Waals surface area (Å²) in [5, 5.41) is 12.1. The number of likely N-dealkylation sites (tertiary alicyclic amines) is 1. The van der Waals surface area contributed by atoms with Crippen LogP contribution < -0.4 is 14.8 Å². The minimum Gasteiger partial charge on any atom is -0.481 e. The van der Waals surface area contributed by atoms with Crippen LogP contribution in [0.2, 0.25) is 0 Å². The first-order valence-corrected chi connectivity index (χ1v) is 8.63. The second-order valence-electron chi connectivity index (χ2n) is 6.69. The molecule has 146 valence electrons. The monoisotopic (exact) mass is 378 g/mol. The molecule has 1 atom stereocenters. The number of methoxy groups -OCH3 is 1. The van der Waals surface area contributed by atoms with E-state index in [4.69, 9.17) is 14.2 Å². The van der Waals surface area contributed by atoms with E-state index >= 15 is 0 Å². The number of carboxylic acids is 1. The zero-order valence-electron chi connectivity index (χ0n) is 15.0. The number of benzene rings is 1. The van der Waals surface area contributed by atoms with Crippen LogP contribution in [0.5, 0.6) is 11.5 Å². The average Bonchev–Trinajstić information content (AvgIpc) is 3.14. The zero-order valence-corrected chi connectivity index (χ0v) is 15.0. The van der Waals surface area contributed by atoms with Gasteiger partial charge in [0.25, 0.3) is 5.91 Å². The summed E-state index contributed by atoms with van der Waals surface area (Å²) in [4.78, 5) is 37.9. The van der Waals surface area contributed by atoms with Crippen molar-refractivity contribution in [1.29, 1.82) is 0 Å². The lowest BCUT2D eigenvalue weighted by Gasteiger charge is -2.39. The van der Waals surface area contributed by atoms with Crippen LogP contribution in [0.25, 0.3) is 0 Å². The van der Waals surface area contributed by atoms with Crippen molar-refractivity contribution in [2.24, 2.45) is 5.41 Å². The van der Waals surface area contributed by atoms with Gasteiger partial charge in [-0.25, -0.2) is 0 Å². The molecular weight excluding hydrogens is 356 g/mol. The molecule has 2 aliphatic rings. The molecule has 2 N–H and O–H groups in total. The molecule has 0 radical (unpaired) electrons. The van der Waals surface area contributed by atoms with Crippen LogP contribution in [-0.4, -0.2) is 67.9 Å². The number of rotatable bonds is 6. The average molecular weight is 378 g/mol. The van der Waals surface area contributed by atoms with E-state index in [1.807, 2.05) is 0 Å². The van der Waals surface area contributed by atoms with Crippen LogP contribution >= 0.6 is 0 Å². The highest BCUT2D eigenvalue weighted by atomic mass is 16.7. The van der Waals surface area contributed by atoms with Crippen LogP contribution in [0.15, 0.2) is 18.2 Å². The molecule has 1 saturated heterocycles. The molecule has 0 spiro atoms. The summed E-state index contributed by atoms with van der Waals surface area (Å²) in [5.74, 6) is -0.674. The van der Waals surface area contributed by atoms with Gasteiger partial charge >= 0.3 is 5.97 Å². The van der Waals surface area contributed by atoms with Gasteiger partial charge in [-0.2, -0.15) is 0 Å². The van der Waals surface area contributed by atoms with Crippen molar-refractivity contribution in [1.82, 2.24) is 10.2 Å². The number of carbonyl (C=O) groups is 3. The summed E-state index contributed by atoms with van der Waals surface area (Å²) in [6.07, 6.45) is 1.01. The van der Waals surface area contributed by atoms with Crippen molar-refractivity contribution >= 4 is 17.8 Å². The van der Waals surface area contributed by atoms with Gasteiger partial charge in [-0.05, 0) is 31.0 Å². The van der Waals surface area contributed by atoms with E-state index in [1.54, 1.807) is 18.2 Å². The molecule has 3 rings (SSSR count). The van der Waals surface area contributed by atoms with Crippen molar-refractivity contribution in [2.75, 3.05) is 40.1 Å². The molecule has 9 nitrogen and oxygen atoms in total. The van der Waals surface area contributed by atoms with Crippen LogP contribution in [0.4, 0.5) is 0 Å². The maximum Gasteiger partial charge on any atom is 0.313 e. The van der Waals surface area contributed by atoms with E-state index in [0.717, 1.165) is 0 Å². The highest BCUT2D eigenvalue weighted by Gasteiger charge is 2.43. The number of nitrogens with zero attached hydrogens (tertiary/aromatic N) is 1. The Labute approximate surface area is 156 Å². The van der Waals surface area contributed by atoms with Gasteiger partial charge < -0.3 is 29.5 Å². The van der Waals surface area contributed by atoms with Crippen LogP contribution in [0, 0.1) is 5.41 Å². The molecule has 2 heterocycles. The van der Waals surface area contributed by atoms with Crippen molar-refractivity contribution in [3.05, 3.63) is 23.8 Å². The van der Waals surface area contributed by atoms with Crippen LogP contribution in [-0.2, 0) is 14.3 Å². The molecule has 1 unspecified atom stereocenters. The number of nitrogens with one attached hydrogen (secondary N) is 1. The highest BCUT2D eigenvalue weighted by molar-refractivity contribution is 5.97. The standard InChI is InChI=1S/C18H22N2O7/c1-25-10-18(17(23)24)5-2-6-20(9-18)15(21)8-19-16(22)12-3-4-13-14(7-12)27-11-26-13/h3-4,7H,2,5-6,8-11H2,1H3,(H,19,22)(H,23,24). The lowest BCUT2D eigenvalue weighted by molar-refractivity contribution is -0.158. The second kappa shape index (κ2) is 7.83. The van der Waals surface area contributed by atoms with Gasteiger partial charge in [0.1, 0.15) is 5.41 Å². The fraction of sp³-hybridized carbons (Fsp3) is 0.500. The number of fused-ring (bicyclic) bond motifs is 1. The van der Waals surface area contributed by atoms with Gasteiger partial charge in [0, 0.05) is 25.8 Å². The molecule has 1 fully saturated rings. The Morgan fingerprint density at radius 2 is 2.07 bits per heavy atom. The largest absolute Gasteiger partial charge is 0.481 e. The lowest BCUT2D eigenvalue weighted by atomic mass is 9.80. The quantitative estimate of drug-likeness (QED) is 0.740. The summed E-state index contributed by atoms with van der Waals surface area (Å²) in [7, 11) is 1.44.